The number of hydrogen-bond acceptors (Lipinski definition) is 7. The van der Waals surface area contributed by atoms with Gasteiger partial charge in [0.15, 0.2) is 10.9 Å². The van der Waals surface area contributed by atoms with Gasteiger partial charge in [-0.2, -0.15) is 0 Å². The van der Waals surface area contributed by atoms with Crippen LogP contribution >= 0.6 is 35.4 Å². The number of nitro groups is 1. The van der Waals surface area contributed by atoms with Gasteiger partial charge in [0.05, 0.1) is 15.0 Å². The van der Waals surface area contributed by atoms with Crippen LogP contribution in [0.5, 0.6) is 0 Å². The lowest BCUT2D eigenvalue weighted by molar-refractivity contribution is -0.384. The Bertz CT molecular complexity index is 1400. The van der Waals surface area contributed by atoms with Crippen LogP contribution in [0.15, 0.2) is 52.9 Å². The molecule has 39 heavy (non-hydrogen) atoms. The number of nitrogens with one attached hydrogen (secondary N) is 1. The SMILES string of the molecule is O=C(NC(=S)N1CCN(c2ccc([N+](=O)[O-])c(N3CCCCC3)c2)CC1)c1ccc(-c2cccc(Cl)c2Cl)o1. The van der Waals surface area contributed by atoms with Crippen LogP contribution in [-0.4, -0.2) is 60.1 Å². The van der Waals surface area contributed by atoms with Crippen LogP contribution in [0, 0.1) is 10.1 Å². The molecule has 3 heterocycles. The number of nitrogens with zero attached hydrogens (tertiary/aromatic N) is 4. The molecule has 0 atom stereocenters. The average Bonchev–Trinajstić information content (AvgIpc) is 3.45. The highest BCUT2D eigenvalue weighted by Gasteiger charge is 2.26. The fourth-order valence-corrected chi connectivity index (χ4v) is 5.62. The third-order valence-electron chi connectivity index (χ3n) is 7.05. The molecule has 2 aliphatic rings. The Morgan fingerprint density at radius 3 is 2.41 bits per heavy atom. The van der Waals surface area contributed by atoms with Crippen LogP contribution in [0.3, 0.4) is 0 Å². The van der Waals surface area contributed by atoms with Crippen LogP contribution in [-0.2, 0) is 0 Å². The number of nitro benzene ring substituents is 1. The zero-order valence-corrected chi connectivity index (χ0v) is 23.4. The van der Waals surface area contributed by atoms with Gasteiger partial charge in [0.1, 0.15) is 11.4 Å². The molecule has 0 bridgehead atoms. The molecule has 204 valence electrons. The van der Waals surface area contributed by atoms with Crippen molar-refractivity contribution in [1.82, 2.24) is 10.2 Å². The lowest BCUT2D eigenvalue weighted by Crippen LogP contribution is -2.52. The Kier molecular flexibility index (Phi) is 8.25. The summed E-state index contributed by atoms with van der Waals surface area (Å²) in [6, 6.07) is 13.8. The van der Waals surface area contributed by atoms with Crippen LogP contribution in [0.25, 0.3) is 11.3 Å². The molecule has 0 unspecified atom stereocenters. The van der Waals surface area contributed by atoms with Crippen molar-refractivity contribution in [2.24, 2.45) is 0 Å². The third-order valence-corrected chi connectivity index (χ3v) is 8.23. The van der Waals surface area contributed by atoms with Crippen molar-refractivity contribution in [3.63, 3.8) is 0 Å². The van der Waals surface area contributed by atoms with E-state index in [9.17, 15) is 14.9 Å². The molecular formula is C27H27Cl2N5O4S. The molecule has 2 aliphatic heterocycles. The molecule has 0 radical (unpaired) electrons. The molecule has 1 N–H and O–H groups in total. The maximum absolute atomic E-state index is 12.8. The minimum Gasteiger partial charge on any atom is -0.451 e. The Hall–Kier alpha value is -3.34. The summed E-state index contributed by atoms with van der Waals surface area (Å²) in [6.07, 6.45) is 3.23. The number of anilines is 2. The first-order valence-corrected chi connectivity index (χ1v) is 13.9. The number of benzene rings is 2. The van der Waals surface area contributed by atoms with Gasteiger partial charge in [-0.25, -0.2) is 0 Å². The molecule has 2 fully saturated rings. The highest BCUT2D eigenvalue weighted by atomic mass is 35.5. The Balaban J connectivity index is 1.20. The van der Waals surface area contributed by atoms with Crippen molar-refractivity contribution in [2.45, 2.75) is 19.3 Å². The summed E-state index contributed by atoms with van der Waals surface area (Å²) in [5, 5.41) is 15.5. The predicted molar refractivity (Wildman–Crippen MR) is 157 cm³/mol. The number of rotatable bonds is 5. The first kappa shape index (κ1) is 27.2. The predicted octanol–water partition coefficient (Wildman–Crippen LogP) is 5.99. The van der Waals surface area contributed by atoms with Gasteiger partial charge in [-0.1, -0.05) is 29.3 Å². The summed E-state index contributed by atoms with van der Waals surface area (Å²) < 4.78 is 5.72. The van der Waals surface area contributed by atoms with E-state index in [4.69, 9.17) is 39.8 Å². The van der Waals surface area contributed by atoms with Gasteiger partial charge in [-0.3, -0.25) is 20.2 Å². The second-order valence-corrected chi connectivity index (χ2v) is 10.6. The molecule has 0 spiro atoms. The lowest BCUT2D eigenvalue weighted by atomic mass is 10.1. The van der Waals surface area contributed by atoms with Gasteiger partial charge in [-0.15, -0.1) is 0 Å². The highest BCUT2D eigenvalue weighted by Crippen LogP contribution is 2.35. The van der Waals surface area contributed by atoms with Crippen molar-refractivity contribution in [1.29, 1.82) is 0 Å². The van der Waals surface area contributed by atoms with Crippen LogP contribution < -0.4 is 15.1 Å². The normalized spacial score (nSPS) is 15.8. The summed E-state index contributed by atoms with van der Waals surface area (Å²) in [6.45, 7) is 4.16. The highest BCUT2D eigenvalue weighted by molar-refractivity contribution is 7.80. The molecule has 2 aromatic carbocycles. The van der Waals surface area contributed by atoms with Crippen molar-refractivity contribution in [2.75, 3.05) is 49.1 Å². The quantitative estimate of drug-likeness (QED) is 0.221. The zero-order chi connectivity index (χ0) is 27.5. The number of piperidine rings is 1. The van der Waals surface area contributed by atoms with E-state index in [1.165, 1.54) is 0 Å². The molecule has 2 saturated heterocycles. The smallest absolute Gasteiger partial charge is 0.293 e. The van der Waals surface area contributed by atoms with Crippen LogP contribution in [0.2, 0.25) is 10.0 Å². The zero-order valence-electron chi connectivity index (χ0n) is 21.1. The Labute approximate surface area is 241 Å². The van der Waals surface area contributed by atoms with E-state index in [1.54, 1.807) is 36.4 Å². The molecule has 9 nitrogen and oxygen atoms in total. The number of thiocarbonyl (C=S) groups is 1. The number of piperazine rings is 1. The molecule has 0 saturated carbocycles. The third kappa shape index (κ3) is 5.98. The van der Waals surface area contributed by atoms with E-state index >= 15 is 0 Å². The van der Waals surface area contributed by atoms with E-state index in [-0.39, 0.29) is 16.4 Å². The lowest BCUT2D eigenvalue weighted by Gasteiger charge is -2.37. The van der Waals surface area contributed by atoms with Crippen LogP contribution in [0.4, 0.5) is 17.1 Å². The molecule has 0 aliphatic carbocycles. The maximum atomic E-state index is 12.8. The van der Waals surface area contributed by atoms with Gasteiger partial charge in [0.25, 0.3) is 11.6 Å². The standard InChI is InChI=1S/C27H27Cl2N5O4S/c28-20-6-4-5-19(25(20)29)23-9-10-24(38-23)26(35)30-27(39)33-15-13-31(14-16-33)18-7-8-21(34(36)37)22(17-18)32-11-2-1-3-12-32/h4-10,17H,1-3,11-16H2,(H,30,35,39). The van der Waals surface area contributed by atoms with E-state index < -0.39 is 5.91 Å². The Morgan fingerprint density at radius 2 is 1.69 bits per heavy atom. The first-order chi connectivity index (χ1) is 18.8. The van der Waals surface area contributed by atoms with Gasteiger partial charge in [-0.05, 0) is 67.9 Å². The van der Waals surface area contributed by atoms with Gasteiger partial charge >= 0.3 is 0 Å². The summed E-state index contributed by atoms with van der Waals surface area (Å²) in [5.74, 6) is 0.0886. The van der Waals surface area contributed by atoms with Crippen molar-refractivity contribution >= 4 is 63.5 Å². The fraction of sp³-hybridized carbons (Fsp3) is 0.333. The van der Waals surface area contributed by atoms with Crippen molar-refractivity contribution < 1.29 is 14.1 Å². The molecule has 1 amide bonds. The molecular weight excluding hydrogens is 561 g/mol. The minimum absolute atomic E-state index is 0.109. The van der Waals surface area contributed by atoms with Gasteiger partial charge in [0.2, 0.25) is 0 Å². The second kappa shape index (κ2) is 11.8. The monoisotopic (exact) mass is 587 g/mol. The first-order valence-electron chi connectivity index (χ1n) is 12.7. The second-order valence-electron chi connectivity index (χ2n) is 9.48. The Morgan fingerprint density at radius 1 is 0.949 bits per heavy atom. The summed E-state index contributed by atoms with van der Waals surface area (Å²) in [7, 11) is 0. The van der Waals surface area contributed by atoms with Gasteiger partial charge < -0.3 is 19.1 Å². The largest absolute Gasteiger partial charge is 0.451 e. The maximum Gasteiger partial charge on any atom is 0.293 e. The molecule has 12 heteroatoms. The van der Waals surface area contributed by atoms with Crippen molar-refractivity contribution in [3.8, 4) is 11.3 Å². The van der Waals surface area contributed by atoms with E-state index in [2.05, 4.69) is 15.1 Å². The number of amides is 1. The molecule has 1 aromatic heterocycles. The van der Waals surface area contributed by atoms with Crippen LogP contribution in [0.1, 0.15) is 29.8 Å². The average molecular weight is 589 g/mol. The topological polar surface area (TPSA) is 95.1 Å². The van der Waals surface area contributed by atoms with Gasteiger partial charge in [0, 0.05) is 56.6 Å². The molecule has 5 rings (SSSR count). The number of carbonyl (C=O) groups is 1. The number of hydrogen-bond donors (Lipinski definition) is 1. The van der Waals surface area contributed by atoms with Crippen molar-refractivity contribution in [3.05, 3.63) is 74.5 Å². The molecule has 3 aromatic rings. The fourth-order valence-electron chi connectivity index (χ4n) is 4.96. The summed E-state index contributed by atoms with van der Waals surface area (Å²) >= 11 is 17.9. The minimum atomic E-state index is -0.451. The van der Waals surface area contributed by atoms with E-state index in [0.29, 0.717) is 58.3 Å². The summed E-state index contributed by atoms with van der Waals surface area (Å²) in [4.78, 5) is 30.4. The number of carbonyl (C=O) groups excluding carboxylic acids is 1. The van der Waals surface area contributed by atoms with E-state index in [1.807, 2.05) is 17.0 Å². The number of furan rings is 1. The summed E-state index contributed by atoms with van der Waals surface area (Å²) in [5.41, 5.74) is 2.36. The number of halogens is 2. The van der Waals surface area contributed by atoms with E-state index in [0.717, 1.165) is 38.0 Å².